The van der Waals surface area contributed by atoms with Gasteiger partial charge >= 0.3 is 0 Å². The summed E-state index contributed by atoms with van der Waals surface area (Å²) in [6.07, 6.45) is 0. The van der Waals surface area contributed by atoms with Crippen LogP contribution in [0.3, 0.4) is 0 Å². The predicted molar refractivity (Wildman–Crippen MR) is 110 cm³/mol. The summed E-state index contributed by atoms with van der Waals surface area (Å²) < 4.78 is 31.4. The molecule has 3 aromatic rings. The fraction of sp³-hybridized carbons (Fsp3) is 0.263. The number of fused-ring (bicyclic) bond motifs is 1. The molecule has 0 aliphatic heterocycles. The van der Waals surface area contributed by atoms with Crippen molar-refractivity contribution in [1.82, 2.24) is 9.29 Å². The van der Waals surface area contributed by atoms with Gasteiger partial charge in [0.2, 0.25) is 15.9 Å². The van der Waals surface area contributed by atoms with Gasteiger partial charge in [0.25, 0.3) is 5.22 Å². The van der Waals surface area contributed by atoms with Gasteiger partial charge in [-0.25, -0.2) is 17.7 Å². The first-order chi connectivity index (χ1) is 13.2. The van der Waals surface area contributed by atoms with Gasteiger partial charge in [-0.2, -0.15) is 0 Å². The zero-order valence-corrected chi connectivity index (χ0v) is 17.6. The molecule has 0 bridgehead atoms. The molecule has 0 aliphatic carbocycles. The number of hydrogen-bond donors (Lipinski definition) is 0. The molecule has 9 heteroatoms. The molecule has 0 saturated carbocycles. The molecule has 0 radical (unpaired) electrons. The van der Waals surface area contributed by atoms with E-state index in [0.29, 0.717) is 16.3 Å². The van der Waals surface area contributed by atoms with E-state index in [4.69, 9.17) is 4.42 Å². The number of carbonyl (C=O) groups is 1. The smallest absolute Gasteiger partial charge is 0.257 e. The largest absolute Gasteiger partial charge is 0.431 e. The second-order valence-corrected chi connectivity index (χ2v) is 9.83. The molecule has 148 valence electrons. The van der Waals surface area contributed by atoms with Crippen LogP contribution in [-0.4, -0.2) is 50.0 Å². The first-order valence-electron chi connectivity index (χ1n) is 8.52. The maximum atomic E-state index is 12.7. The average Bonchev–Trinajstić information content (AvgIpc) is 3.08. The van der Waals surface area contributed by atoms with E-state index in [1.165, 1.54) is 38.0 Å². The van der Waals surface area contributed by atoms with Crippen LogP contribution < -0.4 is 4.90 Å². The lowest BCUT2D eigenvalue weighted by atomic mass is 10.3. The van der Waals surface area contributed by atoms with Crippen molar-refractivity contribution in [2.75, 3.05) is 26.0 Å². The standard InChI is InChI=1S/C19H21N3O4S2/c1-13(18(23)22(4)14-8-6-5-7-9-14)27-19-20-16-12-15(10-11-17(16)26-19)28(24,25)21(2)3/h5-13H,1-4H3/t13-/m1/s1. The Morgan fingerprint density at radius 2 is 1.79 bits per heavy atom. The number of aromatic nitrogens is 1. The minimum absolute atomic E-state index is 0.0886. The summed E-state index contributed by atoms with van der Waals surface area (Å²) in [6.45, 7) is 1.78. The van der Waals surface area contributed by atoms with Gasteiger partial charge in [0.05, 0.1) is 10.1 Å². The van der Waals surface area contributed by atoms with Gasteiger partial charge in [-0.3, -0.25) is 4.79 Å². The van der Waals surface area contributed by atoms with Crippen LogP contribution in [0.2, 0.25) is 0 Å². The summed E-state index contributed by atoms with van der Waals surface area (Å²) in [5.41, 5.74) is 1.70. The predicted octanol–water partition coefficient (Wildman–Crippen LogP) is 3.22. The summed E-state index contributed by atoms with van der Waals surface area (Å²) in [4.78, 5) is 18.7. The molecule has 1 heterocycles. The Bertz CT molecular complexity index is 1090. The van der Waals surface area contributed by atoms with Gasteiger partial charge in [0, 0.05) is 26.8 Å². The minimum atomic E-state index is -3.55. The number of anilines is 1. The fourth-order valence-corrected chi connectivity index (χ4v) is 4.33. The number of amides is 1. The number of nitrogens with zero attached hydrogens (tertiary/aromatic N) is 3. The Morgan fingerprint density at radius 1 is 1.11 bits per heavy atom. The summed E-state index contributed by atoms with van der Waals surface area (Å²) in [5.74, 6) is -0.0886. The Morgan fingerprint density at radius 3 is 2.43 bits per heavy atom. The lowest BCUT2D eigenvalue weighted by Crippen LogP contribution is -2.33. The SMILES string of the molecule is C[C@@H](Sc1nc2cc(S(=O)(=O)N(C)C)ccc2o1)C(=O)N(C)c1ccccc1. The number of oxazole rings is 1. The maximum absolute atomic E-state index is 12.7. The Balaban J connectivity index is 1.80. The number of thioether (sulfide) groups is 1. The van der Waals surface area contributed by atoms with E-state index in [-0.39, 0.29) is 10.8 Å². The number of benzene rings is 2. The third kappa shape index (κ3) is 4.06. The van der Waals surface area contributed by atoms with Crippen molar-refractivity contribution in [2.24, 2.45) is 0 Å². The quantitative estimate of drug-likeness (QED) is 0.571. The molecule has 3 rings (SSSR count). The molecule has 0 saturated heterocycles. The zero-order chi connectivity index (χ0) is 20.5. The zero-order valence-electron chi connectivity index (χ0n) is 16.0. The van der Waals surface area contributed by atoms with Crippen molar-refractivity contribution in [2.45, 2.75) is 22.3 Å². The third-order valence-corrected chi connectivity index (χ3v) is 6.96. The number of sulfonamides is 1. The molecule has 1 atom stereocenters. The van der Waals surface area contributed by atoms with Crippen molar-refractivity contribution in [3.63, 3.8) is 0 Å². The molecule has 28 heavy (non-hydrogen) atoms. The number of rotatable bonds is 6. The first-order valence-corrected chi connectivity index (χ1v) is 10.8. The van der Waals surface area contributed by atoms with Crippen molar-refractivity contribution >= 4 is 44.5 Å². The first kappa shape index (κ1) is 20.4. The van der Waals surface area contributed by atoms with E-state index in [9.17, 15) is 13.2 Å². The van der Waals surface area contributed by atoms with Crippen LogP contribution in [0.25, 0.3) is 11.1 Å². The Kier molecular flexibility index (Phi) is 5.78. The molecule has 2 aromatic carbocycles. The van der Waals surface area contributed by atoms with Gasteiger partial charge in [-0.15, -0.1) is 0 Å². The number of para-hydroxylation sites is 1. The molecule has 1 amide bonds. The highest BCUT2D eigenvalue weighted by atomic mass is 32.2. The monoisotopic (exact) mass is 419 g/mol. The Hall–Kier alpha value is -2.36. The molecule has 1 aromatic heterocycles. The number of hydrogen-bond acceptors (Lipinski definition) is 6. The summed E-state index contributed by atoms with van der Waals surface area (Å²) in [7, 11) is 1.11. The lowest BCUT2D eigenvalue weighted by molar-refractivity contribution is -0.117. The van der Waals surface area contributed by atoms with E-state index in [0.717, 1.165) is 9.99 Å². The molecular formula is C19H21N3O4S2. The summed E-state index contributed by atoms with van der Waals surface area (Å²) in [6, 6.07) is 13.9. The van der Waals surface area contributed by atoms with Gasteiger partial charge in [-0.05, 0) is 37.3 Å². The highest BCUT2D eigenvalue weighted by molar-refractivity contribution is 8.00. The van der Waals surface area contributed by atoms with Crippen molar-refractivity contribution in [3.8, 4) is 0 Å². The molecule has 7 nitrogen and oxygen atoms in total. The van der Waals surface area contributed by atoms with Crippen LogP contribution in [0.1, 0.15) is 6.92 Å². The average molecular weight is 420 g/mol. The van der Waals surface area contributed by atoms with Crippen molar-refractivity contribution in [3.05, 3.63) is 48.5 Å². The topological polar surface area (TPSA) is 83.7 Å². The molecule has 0 spiro atoms. The molecule has 0 unspecified atom stereocenters. The molecule has 0 aliphatic rings. The molecule has 0 N–H and O–H groups in total. The van der Waals surface area contributed by atoms with Crippen molar-refractivity contribution in [1.29, 1.82) is 0 Å². The fourth-order valence-electron chi connectivity index (χ4n) is 2.56. The molecule has 0 fully saturated rings. The van der Waals surface area contributed by atoms with E-state index >= 15 is 0 Å². The third-order valence-electron chi connectivity index (χ3n) is 4.22. The van der Waals surface area contributed by atoms with Gasteiger partial charge in [0.1, 0.15) is 5.52 Å². The van der Waals surface area contributed by atoms with Crippen LogP contribution in [0.15, 0.2) is 63.1 Å². The van der Waals surface area contributed by atoms with E-state index in [1.807, 2.05) is 30.3 Å². The minimum Gasteiger partial charge on any atom is -0.431 e. The highest BCUT2D eigenvalue weighted by Crippen LogP contribution is 2.29. The van der Waals surface area contributed by atoms with E-state index < -0.39 is 15.3 Å². The second-order valence-electron chi connectivity index (χ2n) is 6.39. The highest BCUT2D eigenvalue weighted by Gasteiger charge is 2.23. The maximum Gasteiger partial charge on any atom is 0.257 e. The normalized spacial score (nSPS) is 13.0. The second kappa shape index (κ2) is 7.94. The van der Waals surface area contributed by atoms with E-state index in [1.54, 1.807) is 24.9 Å². The van der Waals surface area contributed by atoms with Crippen LogP contribution in [0, 0.1) is 0 Å². The van der Waals surface area contributed by atoms with E-state index in [2.05, 4.69) is 4.98 Å². The Labute approximate surface area is 168 Å². The van der Waals surface area contributed by atoms with Crippen molar-refractivity contribution < 1.29 is 17.6 Å². The van der Waals surface area contributed by atoms with Crippen LogP contribution in [0.5, 0.6) is 0 Å². The summed E-state index contributed by atoms with van der Waals surface area (Å²) >= 11 is 1.19. The van der Waals surface area contributed by atoms with Crippen LogP contribution >= 0.6 is 11.8 Å². The lowest BCUT2D eigenvalue weighted by Gasteiger charge is -2.20. The summed E-state index contributed by atoms with van der Waals surface area (Å²) in [5, 5.41) is -0.111. The van der Waals surface area contributed by atoms with Gasteiger partial charge in [0.15, 0.2) is 5.58 Å². The number of carbonyl (C=O) groups excluding carboxylic acids is 1. The van der Waals surface area contributed by atoms with Gasteiger partial charge < -0.3 is 9.32 Å². The van der Waals surface area contributed by atoms with Crippen LogP contribution in [0.4, 0.5) is 5.69 Å². The van der Waals surface area contributed by atoms with Crippen LogP contribution in [-0.2, 0) is 14.8 Å². The molecular weight excluding hydrogens is 398 g/mol. The van der Waals surface area contributed by atoms with Gasteiger partial charge in [-0.1, -0.05) is 30.0 Å².